The van der Waals surface area contributed by atoms with Gasteiger partial charge in [-0.3, -0.25) is 0 Å². The van der Waals surface area contributed by atoms with Gasteiger partial charge in [0.15, 0.2) is 0 Å². The molecule has 2 rings (SSSR count). The summed E-state index contributed by atoms with van der Waals surface area (Å²) in [5.74, 6) is 0. The third-order valence-corrected chi connectivity index (χ3v) is 2.81. The molecule has 0 bridgehead atoms. The number of aromatic nitrogens is 1. The fourth-order valence-corrected chi connectivity index (χ4v) is 1.93. The monoisotopic (exact) mass is 236 g/mol. The van der Waals surface area contributed by atoms with E-state index >= 15 is 0 Å². The maximum absolute atomic E-state index is 9.86. The number of benzene rings is 1. The van der Waals surface area contributed by atoms with Crippen molar-refractivity contribution in [3.05, 3.63) is 41.0 Å². The number of nitrogens with two attached hydrogens (primary N) is 1. The smallest absolute Gasteiger partial charge is 0.135 e. The van der Waals surface area contributed by atoms with Crippen LogP contribution in [0.2, 0.25) is 5.15 Å². The number of hydrogen-bond donors (Lipinski definition) is 2. The van der Waals surface area contributed by atoms with Crippen LogP contribution in [0.1, 0.15) is 18.1 Å². The van der Waals surface area contributed by atoms with Crippen molar-refractivity contribution in [1.82, 2.24) is 4.98 Å². The second-order valence-corrected chi connectivity index (χ2v) is 4.01. The van der Waals surface area contributed by atoms with Gasteiger partial charge in [0.05, 0.1) is 11.6 Å². The van der Waals surface area contributed by atoms with Gasteiger partial charge < -0.3 is 10.8 Å². The summed E-state index contributed by atoms with van der Waals surface area (Å²) in [6.07, 6.45) is -0.158. The van der Waals surface area contributed by atoms with Crippen LogP contribution in [0.4, 0.5) is 0 Å². The molecule has 3 nitrogen and oxygen atoms in total. The van der Waals surface area contributed by atoms with Gasteiger partial charge in [-0.15, -0.1) is 0 Å². The van der Waals surface area contributed by atoms with Crippen LogP contribution in [0, 0.1) is 0 Å². The third-order valence-electron chi connectivity index (χ3n) is 2.50. The molecule has 1 aromatic heterocycles. The van der Waals surface area contributed by atoms with Crippen molar-refractivity contribution in [2.24, 2.45) is 5.73 Å². The Bertz CT molecular complexity index is 501. The van der Waals surface area contributed by atoms with Crippen molar-refractivity contribution in [3.63, 3.8) is 0 Å². The van der Waals surface area contributed by atoms with E-state index in [2.05, 4.69) is 4.98 Å². The predicted octanol–water partition coefficient (Wildman–Crippen LogP) is 2.27. The second-order valence-electron chi connectivity index (χ2n) is 3.65. The molecule has 2 aromatic rings. The van der Waals surface area contributed by atoms with Gasteiger partial charge in [0.2, 0.25) is 0 Å². The summed E-state index contributed by atoms with van der Waals surface area (Å²) >= 11 is 6.02. The third kappa shape index (κ3) is 2.16. The molecule has 16 heavy (non-hydrogen) atoms. The highest BCUT2D eigenvalue weighted by atomic mass is 35.5. The van der Waals surface area contributed by atoms with E-state index in [1.807, 2.05) is 30.3 Å². The standard InChI is InChI=1S/C12H13ClN2O/c13-12-9(11(16)5-6-14)7-8-3-1-2-4-10(8)15-12/h1-4,7,11,16H,5-6,14H2. The molecular formula is C12H13ClN2O. The normalized spacial score (nSPS) is 12.9. The topological polar surface area (TPSA) is 59.1 Å². The molecule has 0 aliphatic carbocycles. The zero-order chi connectivity index (χ0) is 11.5. The highest BCUT2D eigenvalue weighted by molar-refractivity contribution is 6.30. The second kappa shape index (κ2) is 4.78. The average molecular weight is 237 g/mol. The number of hydrogen-bond acceptors (Lipinski definition) is 3. The number of nitrogens with zero attached hydrogens (tertiary/aromatic N) is 1. The Morgan fingerprint density at radius 2 is 2.12 bits per heavy atom. The summed E-state index contributed by atoms with van der Waals surface area (Å²) in [4.78, 5) is 4.24. The first-order valence-electron chi connectivity index (χ1n) is 5.15. The molecule has 0 fully saturated rings. The number of pyridine rings is 1. The van der Waals surface area contributed by atoms with Gasteiger partial charge >= 0.3 is 0 Å². The Kier molecular flexibility index (Phi) is 3.39. The van der Waals surface area contributed by atoms with Gasteiger partial charge in [0.1, 0.15) is 5.15 Å². The number of halogens is 1. The van der Waals surface area contributed by atoms with E-state index in [0.717, 1.165) is 10.9 Å². The molecule has 0 aliphatic heterocycles. The Morgan fingerprint density at radius 3 is 2.88 bits per heavy atom. The van der Waals surface area contributed by atoms with Crippen LogP contribution in [-0.2, 0) is 0 Å². The van der Waals surface area contributed by atoms with Crippen molar-refractivity contribution in [3.8, 4) is 0 Å². The highest BCUT2D eigenvalue weighted by Gasteiger charge is 2.12. The maximum Gasteiger partial charge on any atom is 0.135 e. The molecular weight excluding hydrogens is 224 g/mol. The van der Waals surface area contributed by atoms with Crippen molar-refractivity contribution in [2.45, 2.75) is 12.5 Å². The SMILES string of the molecule is NCCC(O)c1cc2ccccc2nc1Cl. The van der Waals surface area contributed by atoms with Crippen LogP contribution < -0.4 is 5.73 Å². The Balaban J connectivity index is 2.49. The predicted molar refractivity (Wildman–Crippen MR) is 65.4 cm³/mol. The maximum atomic E-state index is 9.86. The molecule has 4 heteroatoms. The first-order chi connectivity index (χ1) is 7.72. The van der Waals surface area contributed by atoms with Crippen molar-refractivity contribution >= 4 is 22.5 Å². The molecule has 1 unspecified atom stereocenters. The lowest BCUT2D eigenvalue weighted by Crippen LogP contribution is -2.07. The van der Waals surface area contributed by atoms with Gasteiger partial charge in [-0.25, -0.2) is 4.98 Å². The fraction of sp³-hybridized carbons (Fsp3) is 0.250. The molecule has 84 valence electrons. The molecule has 0 spiro atoms. The molecule has 0 aliphatic rings. The van der Waals surface area contributed by atoms with Gasteiger partial charge in [0.25, 0.3) is 0 Å². The van der Waals surface area contributed by atoms with E-state index in [-0.39, 0.29) is 0 Å². The lowest BCUT2D eigenvalue weighted by Gasteiger charge is -2.11. The van der Waals surface area contributed by atoms with Crippen LogP contribution in [0.15, 0.2) is 30.3 Å². The van der Waals surface area contributed by atoms with Crippen molar-refractivity contribution in [2.75, 3.05) is 6.54 Å². The van der Waals surface area contributed by atoms with E-state index in [1.165, 1.54) is 0 Å². The van der Waals surface area contributed by atoms with E-state index in [0.29, 0.717) is 23.7 Å². The summed E-state index contributed by atoms with van der Waals surface area (Å²) in [6, 6.07) is 9.53. The number of para-hydroxylation sites is 1. The van der Waals surface area contributed by atoms with E-state index < -0.39 is 6.10 Å². The van der Waals surface area contributed by atoms with Crippen LogP contribution in [-0.4, -0.2) is 16.6 Å². The summed E-state index contributed by atoms with van der Waals surface area (Å²) < 4.78 is 0. The minimum Gasteiger partial charge on any atom is -0.388 e. The van der Waals surface area contributed by atoms with E-state index in [1.54, 1.807) is 0 Å². The zero-order valence-corrected chi connectivity index (χ0v) is 9.48. The van der Waals surface area contributed by atoms with Crippen LogP contribution in [0.25, 0.3) is 10.9 Å². The quantitative estimate of drug-likeness (QED) is 0.804. The fourth-order valence-electron chi connectivity index (χ4n) is 1.66. The average Bonchev–Trinajstić information content (AvgIpc) is 2.28. The Labute approximate surface area is 98.9 Å². The van der Waals surface area contributed by atoms with Crippen molar-refractivity contribution in [1.29, 1.82) is 0 Å². The van der Waals surface area contributed by atoms with Gasteiger partial charge in [-0.05, 0) is 25.1 Å². The van der Waals surface area contributed by atoms with E-state index in [9.17, 15) is 5.11 Å². The minimum absolute atomic E-state index is 0.347. The van der Waals surface area contributed by atoms with Gasteiger partial charge in [-0.2, -0.15) is 0 Å². The molecule has 1 heterocycles. The minimum atomic E-state index is -0.644. The molecule has 0 saturated carbocycles. The van der Waals surface area contributed by atoms with Gasteiger partial charge in [0, 0.05) is 10.9 Å². The first-order valence-corrected chi connectivity index (χ1v) is 5.53. The molecule has 0 radical (unpaired) electrons. The Morgan fingerprint density at radius 1 is 1.38 bits per heavy atom. The molecule has 0 amide bonds. The lowest BCUT2D eigenvalue weighted by atomic mass is 10.1. The van der Waals surface area contributed by atoms with Crippen LogP contribution in [0.3, 0.4) is 0 Å². The summed E-state index contributed by atoms with van der Waals surface area (Å²) in [6.45, 7) is 0.421. The lowest BCUT2D eigenvalue weighted by molar-refractivity contribution is 0.170. The van der Waals surface area contributed by atoms with Crippen LogP contribution >= 0.6 is 11.6 Å². The summed E-state index contributed by atoms with van der Waals surface area (Å²) in [5, 5.41) is 11.2. The highest BCUT2D eigenvalue weighted by Crippen LogP contribution is 2.26. The molecule has 3 N–H and O–H groups in total. The van der Waals surface area contributed by atoms with E-state index in [4.69, 9.17) is 17.3 Å². The van der Waals surface area contributed by atoms with Gasteiger partial charge in [-0.1, -0.05) is 29.8 Å². The zero-order valence-electron chi connectivity index (χ0n) is 8.73. The van der Waals surface area contributed by atoms with Crippen molar-refractivity contribution < 1.29 is 5.11 Å². The number of aliphatic hydroxyl groups is 1. The molecule has 1 atom stereocenters. The number of aliphatic hydroxyl groups excluding tert-OH is 1. The molecule has 1 aromatic carbocycles. The summed E-state index contributed by atoms with van der Waals surface area (Å²) in [5.41, 5.74) is 6.88. The van der Waals surface area contributed by atoms with Crippen LogP contribution in [0.5, 0.6) is 0 Å². The summed E-state index contributed by atoms with van der Waals surface area (Å²) in [7, 11) is 0. The molecule has 0 saturated heterocycles. The number of rotatable bonds is 3. The first kappa shape index (κ1) is 11.3. The Hall–Kier alpha value is -1.16. The largest absolute Gasteiger partial charge is 0.388 e. The number of fused-ring (bicyclic) bond motifs is 1.